The Labute approximate surface area is 105 Å². The van der Waals surface area contributed by atoms with Gasteiger partial charge in [0, 0.05) is 19.9 Å². The van der Waals surface area contributed by atoms with Crippen LogP contribution in [0.5, 0.6) is 5.75 Å². The highest BCUT2D eigenvalue weighted by Crippen LogP contribution is 2.17. The Morgan fingerprint density at radius 2 is 1.78 bits per heavy atom. The van der Waals surface area contributed by atoms with Gasteiger partial charge in [-0.15, -0.1) is 0 Å². The van der Waals surface area contributed by atoms with Crippen LogP contribution in [0.4, 0.5) is 0 Å². The molecule has 1 heterocycles. The Kier molecular flexibility index (Phi) is 3.06. The number of nitrogens with zero attached hydrogens (tertiary/aromatic N) is 2. The molecule has 0 saturated heterocycles. The normalized spacial score (nSPS) is 10.6. The molecule has 0 atom stereocenters. The topological polar surface area (TPSA) is 63.1 Å². The zero-order valence-corrected chi connectivity index (χ0v) is 10.3. The third kappa shape index (κ3) is 1.84. The highest BCUT2D eigenvalue weighted by atomic mass is 16.5. The number of benzene rings is 1. The van der Waals surface area contributed by atoms with Crippen LogP contribution in [0.1, 0.15) is 11.4 Å². The van der Waals surface area contributed by atoms with Gasteiger partial charge in [0.1, 0.15) is 12.4 Å². The second-order valence-corrected chi connectivity index (χ2v) is 4.01. The summed E-state index contributed by atoms with van der Waals surface area (Å²) in [5.41, 5.74) is 1.42. The minimum atomic E-state index is 0.301. The second kappa shape index (κ2) is 4.52. The van der Waals surface area contributed by atoms with Crippen molar-refractivity contribution < 1.29 is 14.2 Å². The van der Waals surface area contributed by atoms with Gasteiger partial charge < -0.3 is 15.2 Å². The zero-order valence-electron chi connectivity index (χ0n) is 10.3. The summed E-state index contributed by atoms with van der Waals surface area (Å²) in [6, 6.07) is 4.81. The third-order valence-electron chi connectivity index (χ3n) is 2.89. The zero-order chi connectivity index (χ0) is 13.3. The average molecular weight is 246 g/mol. The lowest BCUT2D eigenvalue weighted by molar-refractivity contribution is -0.638. The Balaban J connectivity index is 2.66. The first-order valence-electron chi connectivity index (χ1n) is 5.56. The highest BCUT2D eigenvalue weighted by molar-refractivity contribution is 5.70. The molecule has 0 aliphatic heterocycles. The highest BCUT2D eigenvalue weighted by Gasteiger charge is 2.21. The van der Waals surface area contributed by atoms with Crippen molar-refractivity contribution in [3.05, 3.63) is 52.7 Å². The summed E-state index contributed by atoms with van der Waals surface area (Å²) in [5.74, 6) is 0.537. The van der Waals surface area contributed by atoms with Crippen molar-refractivity contribution in [2.75, 3.05) is 6.61 Å². The number of ether oxygens (including phenoxy) is 1. The van der Waals surface area contributed by atoms with Gasteiger partial charge >= 0.3 is 0 Å². The molecule has 0 aliphatic rings. The molecule has 94 valence electrons. The summed E-state index contributed by atoms with van der Waals surface area (Å²) in [4.78, 5) is 0. The number of aromatic nitrogens is 2. The van der Waals surface area contributed by atoms with Crippen molar-refractivity contribution in [2.45, 2.75) is 13.8 Å². The Morgan fingerprint density at radius 3 is 2.39 bits per heavy atom. The van der Waals surface area contributed by atoms with E-state index in [1.165, 1.54) is 0 Å². The predicted molar refractivity (Wildman–Crippen MR) is 67.0 cm³/mol. The molecule has 0 N–H and O–H groups in total. The summed E-state index contributed by atoms with van der Waals surface area (Å²) >= 11 is 0. The van der Waals surface area contributed by atoms with Crippen LogP contribution in [0.2, 0.25) is 0 Å². The number of fused-ring (bicyclic) bond motifs is 1. The van der Waals surface area contributed by atoms with Crippen molar-refractivity contribution in [1.29, 1.82) is 0 Å². The third-order valence-corrected chi connectivity index (χ3v) is 2.89. The smallest absolute Gasteiger partial charge is 0.294 e. The summed E-state index contributed by atoms with van der Waals surface area (Å²) in [5, 5.41) is 24.0. The minimum absolute atomic E-state index is 0.301. The summed E-state index contributed by atoms with van der Waals surface area (Å²) in [6.45, 7) is 7.14. The Hall–Kier alpha value is -2.30. The van der Waals surface area contributed by atoms with Gasteiger partial charge in [-0.05, 0) is 6.07 Å². The van der Waals surface area contributed by atoms with Crippen LogP contribution in [0.15, 0.2) is 30.9 Å². The first-order chi connectivity index (χ1) is 8.56. The lowest BCUT2D eigenvalue weighted by atomic mass is 10.2. The average Bonchev–Trinajstić information content (AvgIpc) is 2.40. The summed E-state index contributed by atoms with van der Waals surface area (Å²) in [7, 11) is 0. The molecule has 0 amide bonds. The van der Waals surface area contributed by atoms with Crippen molar-refractivity contribution in [1.82, 2.24) is 0 Å². The molecule has 5 nitrogen and oxygen atoms in total. The molecule has 0 radical (unpaired) electrons. The van der Waals surface area contributed by atoms with Gasteiger partial charge in [0.2, 0.25) is 0 Å². The molecular formula is C13H14N2O3. The molecule has 0 fully saturated rings. The fourth-order valence-corrected chi connectivity index (χ4v) is 1.74. The fourth-order valence-electron chi connectivity index (χ4n) is 1.74. The van der Waals surface area contributed by atoms with E-state index in [0.717, 1.165) is 9.46 Å². The Morgan fingerprint density at radius 1 is 1.17 bits per heavy atom. The van der Waals surface area contributed by atoms with Gasteiger partial charge in [0.05, 0.1) is 6.07 Å². The number of hydrogen-bond donors (Lipinski definition) is 0. The van der Waals surface area contributed by atoms with Gasteiger partial charge in [-0.3, -0.25) is 0 Å². The van der Waals surface area contributed by atoms with Crippen molar-refractivity contribution in [3.8, 4) is 5.75 Å². The quantitative estimate of drug-likeness (QED) is 0.465. The fraction of sp³-hybridized carbons (Fsp3) is 0.231. The maximum atomic E-state index is 12.0. The van der Waals surface area contributed by atoms with E-state index >= 15 is 0 Å². The molecule has 0 bridgehead atoms. The number of hydrogen-bond acceptors (Lipinski definition) is 3. The van der Waals surface area contributed by atoms with Crippen LogP contribution >= 0.6 is 0 Å². The second-order valence-electron chi connectivity index (χ2n) is 4.01. The molecule has 0 spiro atoms. The molecular weight excluding hydrogens is 232 g/mol. The van der Waals surface area contributed by atoms with Gasteiger partial charge in [-0.1, -0.05) is 12.7 Å². The molecule has 2 rings (SSSR count). The van der Waals surface area contributed by atoms with Crippen molar-refractivity contribution in [3.63, 3.8) is 0 Å². The monoisotopic (exact) mass is 246 g/mol. The molecule has 0 aliphatic carbocycles. The van der Waals surface area contributed by atoms with Crippen LogP contribution in [0, 0.1) is 24.3 Å². The largest absolute Gasteiger partial charge is 0.618 e. The predicted octanol–water partition coefficient (Wildman–Crippen LogP) is 1.29. The molecule has 1 aromatic carbocycles. The van der Waals surface area contributed by atoms with E-state index in [9.17, 15) is 10.4 Å². The lowest BCUT2D eigenvalue weighted by Crippen LogP contribution is -2.43. The van der Waals surface area contributed by atoms with E-state index in [2.05, 4.69) is 6.58 Å². The van der Waals surface area contributed by atoms with Crippen LogP contribution < -0.4 is 14.2 Å². The minimum Gasteiger partial charge on any atom is -0.618 e. The molecule has 18 heavy (non-hydrogen) atoms. The van der Waals surface area contributed by atoms with E-state index in [1.54, 1.807) is 38.1 Å². The number of rotatable bonds is 3. The molecule has 1 aromatic heterocycles. The first kappa shape index (κ1) is 12.2. The van der Waals surface area contributed by atoms with Gasteiger partial charge in [0.25, 0.3) is 22.4 Å². The van der Waals surface area contributed by atoms with Crippen molar-refractivity contribution >= 4 is 11.0 Å². The van der Waals surface area contributed by atoms with Crippen LogP contribution in [0.25, 0.3) is 11.0 Å². The van der Waals surface area contributed by atoms with E-state index < -0.39 is 0 Å². The van der Waals surface area contributed by atoms with Crippen LogP contribution in [-0.4, -0.2) is 6.61 Å². The maximum absolute atomic E-state index is 12.0. The van der Waals surface area contributed by atoms with E-state index in [4.69, 9.17) is 4.74 Å². The van der Waals surface area contributed by atoms with Gasteiger partial charge in [0.15, 0.2) is 0 Å². The van der Waals surface area contributed by atoms with E-state index in [1.807, 2.05) is 0 Å². The maximum Gasteiger partial charge on any atom is 0.294 e. The SMILES string of the molecule is C=CCOc1ccc2c(c1)[n+]([O-])c(C)c(C)[n+]2[O-]. The molecule has 0 unspecified atom stereocenters. The van der Waals surface area contributed by atoms with Gasteiger partial charge in [-0.2, -0.15) is 9.46 Å². The summed E-state index contributed by atoms with van der Waals surface area (Å²) < 4.78 is 6.86. The van der Waals surface area contributed by atoms with Crippen molar-refractivity contribution in [2.24, 2.45) is 0 Å². The summed E-state index contributed by atoms with van der Waals surface area (Å²) in [6.07, 6.45) is 1.61. The van der Waals surface area contributed by atoms with Crippen LogP contribution in [0.3, 0.4) is 0 Å². The molecule has 0 saturated carbocycles. The molecule has 2 aromatic rings. The Bertz CT molecular complexity index is 623. The molecule has 5 heteroatoms. The van der Waals surface area contributed by atoms with E-state index in [0.29, 0.717) is 34.8 Å². The standard InChI is InChI=1S/C13H14N2O3/c1-4-7-18-11-5-6-12-13(8-11)15(17)10(3)9(2)14(12)16/h4-6,8H,1,7H2,2-3H3. The van der Waals surface area contributed by atoms with E-state index in [-0.39, 0.29) is 0 Å². The lowest BCUT2D eigenvalue weighted by Gasteiger charge is -2.10. The first-order valence-corrected chi connectivity index (χ1v) is 5.56. The van der Waals surface area contributed by atoms with Crippen LogP contribution in [-0.2, 0) is 0 Å². The van der Waals surface area contributed by atoms with Gasteiger partial charge in [-0.25, -0.2) is 0 Å².